The Morgan fingerprint density at radius 1 is 1.44 bits per heavy atom. The number of carbonyl (C=O) groups excluding carboxylic acids is 1. The first-order valence-corrected chi connectivity index (χ1v) is 6.34. The largest absolute Gasteiger partial charge is 0.349 e. The van der Waals surface area contributed by atoms with Gasteiger partial charge in [0.1, 0.15) is 5.82 Å². The summed E-state index contributed by atoms with van der Waals surface area (Å²) in [5.41, 5.74) is 6.29. The van der Waals surface area contributed by atoms with Crippen molar-refractivity contribution in [1.82, 2.24) is 5.32 Å². The number of benzene rings is 1. The molecule has 2 unspecified atom stereocenters. The fourth-order valence-electron chi connectivity index (χ4n) is 1.92. The van der Waals surface area contributed by atoms with Gasteiger partial charge >= 0.3 is 0 Å². The SMILES string of the molecule is CCCC(N)CC(=O)NC(C)c1ccccc1F. The van der Waals surface area contributed by atoms with Crippen LogP contribution in [0.15, 0.2) is 24.3 Å². The predicted octanol–water partition coefficient (Wildman–Crippen LogP) is 2.52. The van der Waals surface area contributed by atoms with Crippen LogP contribution in [0.4, 0.5) is 4.39 Å². The molecular weight excluding hydrogens is 231 g/mol. The molecule has 0 aliphatic heterocycles. The summed E-state index contributed by atoms with van der Waals surface area (Å²) in [6, 6.07) is 5.98. The zero-order valence-corrected chi connectivity index (χ0v) is 10.9. The van der Waals surface area contributed by atoms with Crippen molar-refractivity contribution in [1.29, 1.82) is 0 Å². The van der Waals surface area contributed by atoms with Gasteiger partial charge in [0, 0.05) is 18.0 Å². The Morgan fingerprint density at radius 2 is 2.11 bits per heavy atom. The molecule has 1 aromatic carbocycles. The molecule has 0 fully saturated rings. The summed E-state index contributed by atoms with van der Waals surface area (Å²) < 4.78 is 13.5. The lowest BCUT2D eigenvalue weighted by Crippen LogP contribution is -2.33. The molecule has 0 heterocycles. The molecule has 0 radical (unpaired) electrons. The number of carbonyl (C=O) groups is 1. The van der Waals surface area contributed by atoms with Crippen molar-refractivity contribution in [2.45, 2.75) is 45.2 Å². The van der Waals surface area contributed by atoms with Crippen molar-refractivity contribution in [2.24, 2.45) is 5.73 Å². The minimum Gasteiger partial charge on any atom is -0.349 e. The van der Waals surface area contributed by atoms with Gasteiger partial charge in [-0.05, 0) is 19.4 Å². The molecule has 0 bridgehead atoms. The number of halogens is 1. The van der Waals surface area contributed by atoms with Crippen molar-refractivity contribution in [3.63, 3.8) is 0 Å². The molecule has 100 valence electrons. The Labute approximate surface area is 108 Å². The highest BCUT2D eigenvalue weighted by Gasteiger charge is 2.14. The average molecular weight is 252 g/mol. The fourth-order valence-corrected chi connectivity index (χ4v) is 1.92. The smallest absolute Gasteiger partial charge is 0.222 e. The summed E-state index contributed by atoms with van der Waals surface area (Å²) in [5, 5.41) is 2.77. The van der Waals surface area contributed by atoms with Crippen molar-refractivity contribution in [2.75, 3.05) is 0 Å². The van der Waals surface area contributed by atoms with E-state index in [-0.39, 0.29) is 30.2 Å². The first-order valence-electron chi connectivity index (χ1n) is 6.34. The Morgan fingerprint density at radius 3 is 2.72 bits per heavy atom. The second kappa shape index (κ2) is 7.11. The first kappa shape index (κ1) is 14.6. The third-order valence-corrected chi connectivity index (χ3v) is 2.86. The topological polar surface area (TPSA) is 55.1 Å². The van der Waals surface area contributed by atoms with Gasteiger partial charge < -0.3 is 11.1 Å². The highest BCUT2D eigenvalue weighted by atomic mass is 19.1. The third kappa shape index (κ3) is 4.45. The number of hydrogen-bond donors (Lipinski definition) is 2. The monoisotopic (exact) mass is 252 g/mol. The van der Waals surface area contributed by atoms with E-state index in [0.29, 0.717) is 5.56 Å². The molecular formula is C14H21FN2O. The zero-order chi connectivity index (χ0) is 13.5. The van der Waals surface area contributed by atoms with Gasteiger partial charge in [-0.2, -0.15) is 0 Å². The molecule has 0 aliphatic carbocycles. The maximum Gasteiger partial charge on any atom is 0.222 e. The lowest BCUT2D eigenvalue weighted by atomic mass is 10.1. The van der Waals surface area contributed by atoms with Crippen molar-refractivity contribution in [3.05, 3.63) is 35.6 Å². The van der Waals surface area contributed by atoms with E-state index in [2.05, 4.69) is 5.32 Å². The molecule has 3 nitrogen and oxygen atoms in total. The van der Waals surface area contributed by atoms with E-state index < -0.39 is 0 Å². The van der Waals surface area contributed by atoms with E-state index >= 15 is 0 Å². The number of rotatable bonds is 6. The molecule has 0 saturated heterocycles. The van der Waals surface area contributed by atoms with Crippen molar-refractivity contribution < 1.29 is 9.18 Å². The van der Waals surface area contributed by atoms with E-state index in [0.717, 1.165) is 12.8 Å². The summed E-state index contributed by atoms with van der Waals surface area (Å²) in [4.78, 5) is 11.7. The second-order valence-electron chi connectivity index (χ2n) is 4.56. The minimum absolute atomic E-state index is 0.122. The fraction of sp³-hybridized carbons (Fsp3) is 0.500. The number of nitrogens with one attached hydrogen (secondary N) is 1. The van der Waals surface area contributed by atoms with Crippen LogP contribution in [0.5, 0.6) is 0 Å². The van der Waals surface area contributed by atoms with Crippen LogP contribution >= 0.6 is 0 Å². The third-order valence-electron chi connectivity index (χ3n) is 2.86. The second-order valence-corrected chi connectivity index (χ2v) is 4.56. The normalized spacial score (nSPS) is 14.0. The van der Waals surface area contributed by atoms with Crippen LogP contribution < -0.4 is 11.1 Å². The van der Waals surface area contributed by atoms with Crippen LogP contribution in [0.3, 0.4) is 0 Å². The molecule has 3 N–H and O–H groups in total. The average Bonchev–Trinajstić information content (AvgIpc) is 2.29. The van der Waals surface area contributed by atoms with E-state index in [1.165, 1.54) is 6.07 Å². The van der Waals surface area contributed by atoms with Gasteiger partial charge in [0.2, 0.25) is 5.91 Å². The van der Waals surface area contributed by atoms with Gasteiger partial charge in [-0.3, -0.25) is 4.79 Å². The van der Waals surface area contributed by atoms with Crippen LogP contribution in [0.25, 0.3) is 0 Å². The van der Waals surface area contributed by atoms with Gasteiger partial charge in [-0.15, -0.1) is 0 Å². The Bertz CT molecular complexity index is 395. The van der Waals surface area contributed by atoms with Gasteiger partial charge in [0.25, 0.3) is 0 Å². The summed E-state index contributed by atoms with van der Waals surface area (Å²) in [5.74, 6) is -0.435. The van der Waals surface area contributed by atoms with Gasteiger partial charge in [-0.1, -0.05) is 31.5 Å². The first-order chi connectivity index (χ1) is 8.54. The summed E-state index contributed by atoms with van der Waals surface area (Å²) >= 11 is 0. The Kier molecular flexibility index (Phi) is 5.78. The molecule has 18 heavy (non-hydrogen) atoms. The molecule has 0 aliphatic rings. The molecule has 0 aromatic heterocycles. The standard InChI is InChI=1S/C14H21FN2O/c1-3-6-11(16)9-14(18)17-10(2)12-7-4-5-8-13(12)15/h4-5,7-8,10-11H,3,6,9,16H2,1-2H3,(H,17,18). The lowest BCUT2D eigenvalue weighted by molar-refractivity contribution is -0.122. The van der Waals surface area contributed by atoms with Crippen LogP contribution in [0, 0.1) is 5.82 Å². The quantitative estimate of drug-likeness (QED) is 0.817. The Balaban J connectivity index is 2.52. The van der Waals surface area contributed by atoms with Crippen LogP contribution in [-0.2, 0) is 4.79 Å². The number of nitrogens with two attached hydrogens (primary N) is 1. The van der Waals surface area contributed by atoms with Crippen molar-refractivity contribution in [3.8, 4) is 0 Å². The maximum absolute atomic E-state index is 13.5. The maximum atomic E-state index is 13.5. The van der Waals surface area contributed by atoms with Gasteiger partial charge in [-0.25, -0.2) is 4.39 Å². The molecule has 1 aromatic rings. The molecule has 1 amide bonds. The van der Waals surface area contributed by atoms with E-state index in [4.69, 9.17) is 5.73 Å². The van der Waals surface area contributed by atoms with Gasteiger partial charge in [0.15, 0.2) is 0 Å². The molecule has 2 atom stereocenters. The van der Waals surface area contributed by atoms with E-state index in [9.17, 15) is 9.18 Å². The minimum atomic E-state index is -0.340. The van der Waals surface area contributed by atoms with Crippen LogP contribution in [-0.4, -0.2) is 11.9 Å². The highest BCUT2D eigenvalue weighted by Crippen LogP contribution is 2.16. The lowest BCUT2D eigenvalue weighted by Gasteiger charge is -2.16. The van der Waals surface area contributed by atoms with E-state index in [1.54, 1.807) is 25.1 Å². The molecule has 0 spiro atoms. The zero-order valence-electron chi connectivity index (χ0n) is 10.9. The molecule has 0 saturated carbocycles. The molecule has 1 rings (SSSR count). The Hall–Kier alpha value is -1.42. The van der Waals surface area contributed by atoms with Crippen LogP contribution in [0.2, 0.25) is 0 Å². The number of amides is 1. The van der Waals surface area contributed by atoms with Crippen LogP contribution in [0.1, 0.15) is 44.7 Å². The predicted molar refractivity (Wildman–Crippen MR) is 70.5 cm³/mol. The molecule has 4 heteroatoms. The highest BCUT2D eigenvalue weighted by molar-refractivity contribution is 5.77. The van der Waals surface area contributed by atoms with Crippen molar-refractivity contribution >= 4 is 5.91 Å². The van der Waals surface area contributed by atoms with Gasteiger partial charge in [0.05, 0.1) is 6.04 Å². The summed E-state index contributed by atoms with van der Waals surface area (Å²) in [6.45, 7) is 3.79. The van der Waals surface area contributed by atoms with E-state index in [1.807, 2.05) is 6.92 Å². The summed E-state index contributed by atoms with van der Waals surface area (Å²) in [7, 11) is 0. The summed E-state index contributed by atoms with van der Waals surface area (Å²) in [6.07, 6.45) is 2.06. The number of hydrogen-bond acceptors (Lipinski definition) is 2.